The van der Waals surface area contributed by atoms with Gasteiger partial charge in [0, 0.05) is 19.8 Å². The van der Waals surface area contributed by atoms with E-state index in [9.17, 15) is 22.8 Å². The largest absolute Gasteiger partial charge is 0.330 e. The molecule has 0 N–H and O–H groups in total. The van der Waals surface area contributed by atoms with Crippen molar-refractivity contribution in [3.8, 4) is 0 Å². The van der Waals surface area contributed by atoms with Gasteiger partial charge in [-0.25, -0.2) is 13.2 Å². The maximum Gasteiger partial charge on any atom is 0.330 e. The van der Waals surface area contributed by atoms with Crippen LogP contribution in [0.1, 0.15) is 31.1 Å². The lowest BCUT2D eigenvalue weighted by Crippen LogP contribution is -2.41. The molecule has 20 heavy (non-hydrogen) atoms. The molecule has 0 atom stereocenters. The van der Waals surface area contributed by atoms with Crippen LogP contribution in [0.15, 0.2) is 15.8 Å². The normalized spacial score (nSPS) is 11.8. The number of aryl methyl sites for hydroxylation is 1. The average Bonchev–Trinajstić information content (AvgIpc) is 2.34. The molecule has 0 amide bonds. The molecule has 112 valence electrons. The first-order valence-electron chi connectivity index (χ1n) is 6.11. The van der Waals surface area contributed by atoms with Crippen LogP contribution in [0.3, 0.4) is 0 Å². The summed E-state index contributed by atoms with van der Waals surface area (Å²) < 4.78 is 25.4. The lowest BCUT2D eigenvalue weighted by molar-refractivity contribution is 0.101. The summed E-state index contributed by atoms with van der Waals surface area (Å²) in [4.78, 5) is 34.9. The van der Waals surface area contributed by atoms with Crippen LogP contribution in [-0.2, 0) is 23.4 Å². The third-order valence-corrected chi connectivity index (χ3v) is 5.25. The Balaban J connectivity index is 3.25. The number of sulfone groups is 1. The topological polar surface area (TPSA) is 95.2 Å². The zero-order valence-corrected chi connectivity index (χ0v) is 12.7. The van der Waals surface area contributed by atoms with E-state index in [0.717, 1.165) is 15.3 Å². The second-order valence-electron chi connectivity index (χ2n) is 4.85. The van der Waals surface area contributed by atoms with Crippen LogP contribution in [0.2, 0.25) is 0 Å². The number of hydrogen-bond donors (Lipinski definition) is 0. The summed E-state index contributed by atoms with van der Waals surface area (Å²) >= 11 is 0. The fourth-order valence-corrected chi connectivity index (χ4v) is 2.51. The van der Waals surface area contributed by atoms with Gasteiger partial charge < -0.3 is 0 Å². The first-order valence-corrected chi connectivity index (χ1v) is 7.82. The molecule has 8 heteroatoms. The van der Waals surface area contributed by atoms with Crippen molar-refractivity contribution in [2.45, 2.75) is 32.6 Å². The Hall–Kier alpha value is -1.70. The van der Waals surface area contributed by atoms with Crippen molar-refractivity contribution in [1.82, 2.24) is 9.13 Å². The van der Waals surface area contributed by atoms with E-state index in [4.69, 9.17) is 0 Å². The minimum absolute atomic E-state index is 0.0895. The van der Waals surface area contributed by atoms with Crippen molar-refractivity contribution in [1.29, 1.82) is 0 Å². The molecular formula is C12H18N2O5S. The first kappa shape index (κ1) is 16.4. The standard InChI is InChI=1S/C12H18N2O5S/c1-8(2)20(18,19)6-5-14-7-10(9(3)15)11(16)13(4)12(14)17/h7-8H,5-6H2,1-4H3. The number of Topliss-reactive ketones (excluding diaryl/α,β-unsaturated/α-hetero) is 1. The molecule has 0 saturated heterocycles. The molecule has 0 spiro atoms. The van der Waals surface area contributed by atoms with E-state index in [2.05, 4.69) is 0 Å². The third-order valence-electron chi connectivity index (χ3n) is 3.07. The molecule has 0 aliphatic rings. The summed E-state index contributed by atoms with van der Waals surface area (Å²) in [5.41, 5.74) is -1.45. The van der Waals surface area contributed by atoms with Crippen LogP contribution < -0.4 is 11.2 Å². The van der Waals surface area contributed by atoms with E-state index in [1.54, 1.807) is 13.8 Å². The highest BCUT2D eigenvalue weighted by Crippen LogP contribution is 2.01. The summed E-state index contributed by atoms with van der Waals surface area (Å²) in [6, 6.07) is 0. The van der Waals surface area contributed by atoms with E-state index in [1.165, 1.54) is 14.0 Å². The molecule has 1 aromatic heterocycles. The van der Waals surface area contributed by atoms with Crippen molar-refractivity contribution in [3.05, 3.63) is 32.6 Å². The molecule has 1 aromatic rings. The van der Waals surface area contributed by atoms with Gasteiger partial charge in [-0.15, -0.1) is 0 Å². The molecule has 1 heterocycles. The number of carbonyl (C=O) groups is 1. The second-order valence-corrected chi connectivity index (χ2v) is 7.53. The molecular weight excluding hydrogens is 284 g/mol. The number of ketones is 1. The highest BCUT2D eigenvalue weighted by molar-refractivity contribution is 7.91. The van der Waals surface area contributed by atoms with Crippen LogP contribution in [-0.4, -0.2) is 34.3 Å². The molecule has 0 aliphatic heterocycles. The summed E-state index contributed by atoms with van der Waals surface area (Å²) in [6.07, 6.45) is 1.13. The highest BCUT2D eigenvalue weighted by atomic mass is 32.2. The summed E-state index contributed by atoms with van der Waals surface area (Å²) in [5.74, 6) is -0.689. The molecule has 7 nitrogen and oxygen atoms in total. The fraction of sp³-hybridized carbons (Fsp3) is 0.583. The minimum Gasteiger partial charge on any atom is -0.299 e. The second kappa shape index (κ2) is 5.74. The van der Waals surface area contributed by atoms with Crippen LogP contribution in [0.4, 0.5) is 0 Å². The van der Waals surface area contributed by atoms with Gasteiger partial charge in [0.25, 0.3) is 5.56 Å². The first-order chi connectivity index (χ1) is 9.08. The molecule has 1 rings (SSSR count). The number of rotatable bonds is 5. The Kier molecular flexibility index (Phi) is 4.69. The predicted molar refractivity (Wildman–Crippen MR) is 74.9 cm³/mol. The Bertz CT molecular complexity index is 740. The van der Waals surface area contributed by atoms with Crippen LogP contribution in [0.25, 0.3) is 0 Å². The van der Waals surface area contributed by atoms with E-state index < -0.39 is 32.1 Å². The van der Waals surface area contributed by atoms with Gasteiger partial charge >= 0.3 is 5.69 Å². The van der Waals surface area contributed by atoms with E-state index in [1.807, 2.05) is 0 Å². The Morgan fingerprint density at radius 3 is 2.30 bits per heavy atom. The number of nitrogens with zero attached hydrogens (tertiary/aromatic N) is 2. The van der Waals surface area contributed by atoms with Gasteiger partial charge in [0.05, 0.1) is 16.6 Å². The molecule has 0 aromatic carbocycles. The Morgan fingerprint density at radius 2 is 1.85 bits per heavy atom. The highest BCUT2D eigenvalue weighted by Gasteiger charge is 2.18. The van der Waals surface area contributed by atoms with Gasteiger partial charge in [-0.3, -0.25) is 18.7 Å². The average molecular weight is 302 g/mol. The van der Waals surface area contributed by atoms with Crippen molar-refractivity contribution in [2.75, 3.05) is 5.75 Å². The third kappa shape index (κ3) is 3.24. The maximum absolute atomic E-state index is 11.9. The van der Waals surface area contributed by atoms with Gasteiger partial charge in [-0.2, -0.15) is 0 Å². The van der Waals surface area contributed by atoms with Gasteiger partial charge in [0.2, 0.25) is 0 Å². The quantitative estimate of drug-likeness (QED) is 0.688. The molecule has 0 aliphatic carbocycles. The fourth-order valence-electron chi connectivity index (χ4n) is 1.59. The van der Waals surface area contributed by atoms with E-state index in [0.29, 0.717) is 0 Å². The summed E-state index contributed by atoms with van der Waals surface area (Å²) in [5, 5.41) is -0.544. The maximum atomic E-state index is 11.9. The van der Waals surface area contributed by atoms with Crippen LogP contribution in [0.5, 0.6) is 0 Å². The van der Waals surface area contributed by atoms with Crippen LogP contribution >= 0.6 is 0 Å². The van der Waals surface area contributed by atoms with Gasteiger partial charge in [0.15, 0.2) is 15.6 Å². The predicted octanol–water partition coefficient (Wildman–Crippen LogP) is -0.427. The van der Waals surface area contributed by atoms with Gasteiger partial charge in [-0.05, 0) is 20.8 Å². The lowest BCUT2D eigenvalue weighted by atomic mass is 10.2. The SMILES string of the molecule is CC(=O)c1cn(CCS(=O)(=O)C(C)C)c(=O)n(C)c1=O. The Labute approximate surface area is 116 Å². The zero-order valence-electron chi connectivity index (χ0n) is 11.9. The van der Waals surface area contributed by atoms with E-state index >= 15 is 0 Å². The van der Waals surface area contributed by atoms with Crippen molar-refractivity contribution in [2.24, 2.45) is 7.05 Å². The summed E-state index contributed by atoms with van der Waals surface area (Å²) in [7, 11) is -2.05. The monoisotopic (exact) mass is 302 g/mol. The molecule has 0 saturated carbocycles. The molecule has 0 radical (unpaired) electrons. The smallest absolute Gasteiger partial charge is 0.299 e. The van der Waals surface area contributed by atoms with E-state index in [-0.39, 0.29) is 17.9 Å². The van der Waals surface area contributed by atoms with Crippen molar-refractivity contribution < 1.29 is 13.2 Å². The minimum atomic E-state index is -3.30. The van der Waals surface area contributed by atoms with Gasteiger partial charge in [-0.1, -0.05) is 0 Å². The molecule has 0 unspecified atom stereocenters. The number of hydrogen-bond acceptors (Lipinski definition) is 5. The van der Waals surface area contributed by atoms with Crippen LogP contribution in [0, 0.1) is 0 Å². The zero-order chi connectivity index (χ0) is 15.7. The van der Waals surface area contributed by atoms with Crippen molar-refractivity contribution in [3.63, 3.8) is 0 Å². The molecule has 0 fully saturated rings. The van der Waals surface area contributed by atoms with Gasteiger partial charge in [0.1, 0.15) is 0 Å². The number of aromatic nitrogens is 2. The Morgan fingerprint density at radius 1 is 1.30 bits per heavy atom. The molecule has 0 bridgehead atoms. The lowest BCUT2D eigenvalue weighted by Gasteiger charge is -2.11. The summed E-state index contributed by atoms with van der Waals surface area (Å²) in [6.45, 7) is 4.24. The number of carbonyl (C=O) groups excluding carboxylic acids is 1. The van der Waals surface area contributed by atoms with Crippen molar-refractivity contribution >= 4 is 15.6 Å².